The van der Waals surface area contributed by atoms with Gasteiger partial charge in [0.05, 0.1) is 6.21 Å². The average molecular weight is 377 g/mol. The van der Waals surface area contributed by atoms with Crippen molar-refractivity contribution in [3.8, 4) is 0 Å². The molecule has 2 aromatic heterocycles. The summed E-state index contributed by atoms with van der Waals surface area (Å²) in [7, 11) is 0. The van der Waals surface area contributed by atoms with E-state index in [0.717, 1.165) is 10.9 Å². The Morgan fingerprint density at radius 2 is 2.09 bits per heavy atom. The SMILES string of the molecule is Cc1ccc(CSc2nncn2/N=C/c2ccc(Br)o2)cc1. The number of thioether (sulfide) groups is 1. The molecule has 3 rings (SSSR count). The molecule has 22 heavy (non-hydrogen) atoms. The first-order valence-electron chi connectivity index (χ1n) is 6.59. The Hall–Kier alpha value is -1.86. The molecular weight excluding hydrogens is 364 g/mol. The molecular formula is C15H13BrN4OS. The number of hydrogen-bond acceptors (Lipinski definition) is 5. The minimum absolute atomic E-state index is 0.662. The minimum atomic E-state index is 0.662. The summed E-state index contributed by atoms with van der Waals surface area (Å²) in [6.45, 7) is 2.08. The highest BCUT2D eigenvalue weighted by Gasteiger charge is 2.05. The van der Waals surface area contributed by atoms with Crippen molar-refractivity contribution in [3.05, 3.63) is 64.3 Å². The lowest BCUT2D eigenvalue weighted by molar-refractivity contribution is 0.533. The van der Waals surface area contributed by atoms with Crippen molar-refractivity contribution in [1.29, 1.82) is 0 Å². The van der Waals surface area contributed by atoms with E-state index in [4.69, 9.17) is 4.42 Å². The molecule has 0 amide bonds. The van der Waals surface area contributed by atoms with E-state index in [9.17, 15) is 0 Å². The van der Waals surface area contributed by atoms with Crippen LogP contribution in [-0.4, -0.2) is 21.1 Å². The van der Waals surface area contributed by atoms with Crippen LogP contribution in [0.3, 0.4) is 0 Å². The van der Waals surface area contributed by atoms with Gasteiger partial charge < -0.3 is 4.42 Å². The smallest absolute Gasteiger partial charge is 0.212 e. The number of furan rings is 1. The molecule has 0 N–H and O–H groups in total. The monoisotopic (exact) mass is 376 g/mol. The molecule has 0 bridgehead atoms. The lowest BCUT2D eigenvalue weighted by Gasteiger charge is -2.01. The van der Waals surface area contributed by atoms with Gasteiger partial charge in [-0.05, 0) is 40.5 Å². The fourth-order valence-corrected chi connectivity index (χ4v) is 2.88. The number of hydrogen-bond donors (Lipinski definition) is 0. The van der Waals surface area contributed by atoms with Crippen molar-refractivity contribution >= 4 is 33.9 Å². The van der Waals surface area contributed by atoms with Crippen LogP contribution in [0.25, 0.3) is 0 Å². The van der Waals surface area contributed by atoms with Crippen molar-refractivity contribution < 1.29 is 4.42 Å². The second-order valence-electron chi connectivity index (χ2n) is 4.62. The predicted octanol–water partition coefficient (Wildman–Crippen LogP) is 4.12. The van der Waals surface area contributed by atoms with Gasteiger partial charge in [0.2, 0.25) is 5.16 Å². The van der Waals surface area contributed by atoms with Crippen LogP contribution in [0.5, 0.6) is 0 Å². The maximum atomic E-state index is 5.37. The van der Waals surface area contributed by atoms with Gasteiger partial charge in [0.1, 0.15) is 12.1 Å². The zero-order chi connectivity index (χ0) is 15.4. The first-order valence-corrected chi connectivity index (χ1v) is 8.36. The van der Waals surface area contributed by atoms with E-state index in [2.05, 4.69) is 62.4 Å². The molecule has 3 aromatic rings. The molecule has 0 atom stereocenters. The summed E-state index contributed by atoms with van der Waals surface area (Å²) in [6.07, 6.45) is 3.20. The minimum Gasteiger partial charge on any atom is -0.448 e. The van der Waals surface area contributed by atoms with E-state index in [1.165, 1.54) is 11.1 Å². The lowest BCUT2D eigenvalue weighted by atomic mass is 10.2. The fourth-order valence-electron chi connectivity index (χ4n) is 1.74. The molecule has 0 fully saturated rings. The lowest BCUT2D eigenvalue weighted by Crippen LogP contribution is -1.92. The molecule has 5 nitrogen and oxygen atoms in total. The first-order chi connectivity index (χ1) is 10.7. The summed E-state index contributed by atoms with van der Waals surface area (Å²) in [6, 6.07) is 12.1. The summed E-state index contributed by atoms with van der Waals surface area (Å²) in [5.41, 5.74) is 2.50. The topological polar surface area (TPSA) is 56.2 Å². The summed E-state index contributed by atoms with van der Waals surface area (Å²) >= 11 is 4.85. The zero-order valence-electron chi connectivity index (χ0n) is 11.8. The molecule has 0 aliphatic rings. The average Bonchev–Trinajstić information content (AvgIpc) is 3.13. The summed E-state index contributed by atoms with van der Waals surface area (Å²) in [4.78, 5) is 0. The molecule has 2 heterocycles. The standard InChI is InChI=1S/C15H13BrN4OS/c1-11-2-4-12(5-3-11)9-22-15-19-17-10-20(15)18-8-13-6-7-14(16)21-13/h2-8,10H,9H2,1H3/b18-8+. The second-order valence-corrected chi connectivity index (χ2v) is 6.34. The Balaban J connectivity index is 1.67. The van der Waals surface area contributed by atoms with Gasteiger partial charge in [-0.1, -0.05) is 41.6 Å². The van der Waals surface area contributed by atoms with E-state index >= 15 is 0 Å². The van der Waals surface area contributed by atoms with E-state index in [-0.39, 0.29) is 0 Å². The summed E-state index contributed by atoms with van der Waals surface area (Å²) < 4.78 is 7.68. The molecule has 0 aliphatic carbocycles. The molecule has 112 valence electrons. The number of nitrogens with zero attached hydrogens (tertiary/aromatic N) is 4. The van der Waals surface area contributed by atoms with Gasteiger partial charge >= 0.3 is 0 Å². The summed E-state index contributed by atoms with van der Waals surface area (Å²) in [5.74, 6) is 1.48. The highest BCUT2D eigenvalue weighted by molar-refractivity contribution is 9.10. The largest absolute Gasteiger partial charge is 0.448 e. The molecule has 1 aromatic carbocycles. The number of benzene rings is 1. The van der Waals surface area contributed by atoms with Crippen LogP contribution in [0, 0.1) is 6.92 Å². The van der Waals surface area contributed by atoms with Crippen molar-refractivity contribution in [2.24, 2.45) is 5.10 Å². The van der Waals surface area contributed by atoms with E-state index < -0.39 is 0 Å². The van der Waals surface area contributed by atoms with Gasteiger partial charge in [-0.25, -0.2) is 0 Å². The van der Waals surface area contributed by atoms with E-state index in [1.54, 1.807) is 29.0 Å². The number of rotatable bonds is 5. The number of halogens is 1. The molecule has 7 heteroatoms. The van der Waals surface area contributed by atoms with E-state index in [0.29, 0.717) is 10.4 Å². The molecule has 0 spiro atoms. The molecule has 0 aliphatic heterocycles. The fraction of sp³-hybridized carbons (Fsp3) is 0.133. The highest BCUT2D eigenvalue weighted by atomic mass is 79.9. The molecule has 0 unspecified atom stereocenters. The van der Waals surface area contributed by atoms with Gasteiger partial charge in [-0.15, -0.1) is 10.2 Å². The second kappa shape index (κ2) is 6.93. The first kappa shape index (κ1) is 15.1. The van der Waals surface area contributed by atoms with Gasteiger partial charge in [0, 0.05) is 5.75 Å². The van der Waals surface area contributed by atoms with Gasteiger partial charge in [-0.2, -0.15) is 9.78 Å². The maximum Gasteiger partial charge on any atom is 0.212 e. The van der Waals surface area contributed by atoms with Crippen LogP contribution in [0.15, 0.2) is 62.1 Å². The van der Waals surface area contributed by atoms with Gasteiger partial charge in [0.25, 0.3) is 0 Å². The quantitative estimate of drug-likeness (QED) is 0.496. The Morgan fingerprint density at radius 1 is 1.27 bits per heavy atom. The van der Waals surface area contributed by atoms with Crippen LogP contribution in [0.1, 0.15) is 16.9 Å². The third-order valence-corrected chi connectivity index (χ3v) is 4.32. The van der Waals surface area contributed by atoms with Gasteiger partial charge in [0.15, 0.2) is 4.67 Å². The molecule has 0 radical (unpaired) electrons. The third kappa shape index (κ3) is 3.86. The van der Waals surface area contributed by atoms with Crippen LogP contribution in [0.2, 0.25) is 0 Å². The van der Waals surface area contributed by atoms with E-state index in [1.807, 2.05) is 12.1 Å². The normalized spacial score (nSPS) is 11.4. The van der Waals surface area contributed by atoms with Crippen LogP contribution in [0.4, 0.5) is 0 Å². The van der Waals surface area contributed by atoms with Crippen LogP contribution >= 0.6 is 27.7 Å². The Bertz CT molecular complexity index is 779. The molecule has 0 saturated carbocycles. The predicted molar refractivity (Wildman–Crippen MR) is 90.2 cm³/mol. The van der Waals surface area contributed by atoms with Gasteiger partial charge in [-0.3, -0.25) is 0 Å². The van der Waals surface area contributed by atoms with Crippen LogP contribution in [-0.2, 0) is 5.75 Å². The van der Waals surface area contributed by atoms with Crippen molar-refractivity contribution in [2.75, 3.05) is 0 Å². The third-order valence-electron chi connectivity index (χ3n) is 2.89. The zero-order valence-corrected chi connectivity index (χ0v) is 14.2. The number of aryl methyl sites for hydroxylation is 1. The van der Waals surface area contributed by atoms with Crippen molar-refractivity contribution in [3.63, 3.8) is 0 Å². The Labute approximate surface area is 140 Å². The van der Waals surface area contributed by atoms with Crippen LogP contribution < -0.4 is 0 Å². The maximum absolute atomic E-state index is 5.37. The van der Waals surface area contributed by atoms with Crippen molar-refractivity contribution in [2.45, 2.75) is 17.8 Å². The highest BCUT2D eigenvalue weighted by Crippen LogP contribution is 2.21. The Kier molecular flexibility index (Phi) is 4.74. The number of aromatic nitrogens is 3. The molecule has 0 saturated heterocycles. The van der Waals surface area contributed by atoms with Crippen molar-refractivity contribution in [1.82, 2.24) is 14.9 Å². The summed E-state index contributed by atoms with van der Waals surface area (Å²) in [5, 5.41) is 13.0. The Morgan fingerprint density at radius 3 is 2.82 bits per heavy atom.